The van der Waals surface area contributed by atoms with E-state index in [0.29, 0.717) is 11.5 Å². The minimum absolute atomic E-state index is 0. The van der Waals surface area contributed by atoms with Crippen LogP contribution in [0.15, 0.2) is 94.7 Å². The number of aryl methyl sites for hydroxylation is 2. The van der Waals surface area contributed by atoms with E-state index in [1.165, 1.54) is 146 Å². The Labute approximate surface area is 396 Å². The molecule has 4 aromatic rings. The molecule has 4 rings (SSSR count). The zero-order valence-corrected chi connectivity index (χ0v) is 40.2. The van der Waals surface area contributed by atoms with E-state index in [2.05, 4.69) is 13.8 Å². The van der Waals surface area contributed by atoms with Crippen LogP contribution < -0.4 is 14.6 Å². The largest absolute Gasteiger partial charge is 2.00 e. The first kappa shape index (κ1) is 54.3. The normalized spacial score (nSPS) is 11.3. The van der Waals surface area contributed by atoms with Gasteiger partial charge in [0.25, 0.3) is 0 Å². The molecular formula is C48H66CaO10S2. The van der Waals surface area contributed by atoms with Gasteiger partial charge in [-0.25, -0.2) is 8.42 Å². The van der Waals surface area contributed by atoms with E-state index in [-0.39, 0.29) is 49.2 Å². The molecule has 2 N–H and O–H groups in total. The van der Waals surface area contributed by atoms with Crippen molar-refractivity contribution in [2.45, 2.75) is 165 Å². The van der Waals surface area contributed by atoms with Crippen molar-refractivity contribution >= 4 is 58.0 Å². The van der Waals surface area contributed by atoms with Gasteiger partial charge < -0.3 is 24.2 Å². The van der Waals surface area contributed by atoms with E-state index in [0.717, 1.165) is 42.9 Å². The van der Waals surface area contributed by atoms with Crippen LogP contribution in [0.5, 0.6) is 34.5 Å². The van der Waals surface area contributed by atoms with Crippen molar-refractivity contribution in [3.63, 3.8) is 0 Å². The predicted molar refractivity (Wildman–Crippen MR) is 242 cm³/mol. The molecule has 0 radical (unpaired) electrons. The topological polar surface area (TPSA) is 173 Å². The summed E-state index contributed by atoms with van der Waals surface area (Å²) in [6.45, 7) is 4.48. The number of hydrogen-bond donors (Lipinski definition) is 2. The maximum Gasteiger partial charge on any atom is 2.00 e. The summed E-state index contributed by atoms with van der Waals surface area (Å²) in [6, 6.07) is 22.6. The maximum absolute atomic E-state index is 11.8. The fraction of sp³-hybridized carbons (Fsp3) is 0.500. The van der Waals surface area contributed by atoms with Crippen LogP contribution in [0.1, 0.15) is 153 Å². The standard InChI is InChI=1S/2C24H34O5S.Ca/c2*1-2-3-4-5-6-7-8-9-10-11-14-20-15-12-16-21(19-20)29-23-18-13-17-22(25)24(23)30(26,27)28;/h2*12-13,15-19,25H,2-11,14H2,1H3,(H,26,27,28);/q;;+2/p-2. The third-order valence-electron chi connectivity index (χ3n) is 10.3. The summed E-state index contributed by atoms with van der Waals surface area (Å²) >= 11 is 0. The van der Waals surface area contributed by atoms with Gasteiger partial charge in [-0.15, -0.1) is 0 Å². The first-order chi connectivity index (χ1) is 28.8. The summed E-state index contributed by atoms with van der Waals surface area (Å²) in [5.41, 5.74) is 2.19. The van der Waals surface area contributed by atoms with Crippen molar-refractivity contribution in [2.24, 2.45) is 0 Å². The van der Waals surface area contributed by atoms with Gasteiger partial charge in [-0.05, 0) is 79.3 Å². The Bertz CT molecular complexity index is 1910. The number of ether oxygens (including phenoxy) is 2. The van der Waals surface area contributed by atoms with Crippen LogP contribution in [-0.4, -0.2) is 68.8 Å². The molecule has 332 valence electrons. The van der Waals surface area contributed by atoms with Gasteiger partial charge in [-0.1, -0.05) is 178 Å². The number of benzene rings is 4. The number of hydrogen-bond acceptors (Lipinski definition) is 9. The average molecular weight is 907 g/mol. The van der Waals surface area contributed by atoms with Gasteiger partial charge in [-0.3, -0.25) is 4.55 Å². The second-order valence-corrected chi connectivity index (χ2v) is 18.2. The molecule has 0 aliphatic heterocycles. The zero-order valence-electron chi connectivity index (χ0n) is 36.3. The summed E-state index contributed by atoms with van der Waals surface area (Å²) in [4.78, 5) is -1.46. The van der Waals surface area contributed by atoms with Crippen molar-refractivity contribution in [3.8, 4) is 34.5 Å². The molecule has 0 unspecified atom stereocenters. The Morgan fingerprint density at radius 3 is 1.26 bits per heavy atom. The molecule has 10 nitrogen and oxygen atoms in total. The quantitative estimate of drug-likeness (QED) is 0.0317. The fourth-order valence-electron chi connectivity index (χ4n) is 7.08. The average Bonchev–Trinajstić information content (AvgIpc) is 3.19. The molecule has 13 heteroatoms. The van der Waals surface area contributed by atoms with E-state index in [4.69, 9.17) is 9.47 Å². The Morgan fingerprint density at radius 1 is 0.508 bits per heavy atom. The number of phenols is 1. The molecule has 0 aliphatic rings. The molecule has 0 amide bonds. The van der Waals surface area contributed by atoms with Crippen LogP contribution in [0.2, 0.25) is 0 Å². The van der Waals surface area contributed by atoms with Gasteiger partial charge >= 0.3 is 47.9 Å². The predicted octanol–water partition coefficient (Wildman–Crippen LogP) is 12.4. The van der Waals surface area contributed by atoms with Gasteiger partial charge in [0, 0.05) is 0 Å². The van der Waals surface area contributed by atoms with Crippen LogP contribution >= 0.6 is 0 Å². The van der Waals surface area contributed by atoms with Crippen LogP contribution in [-0.2, 0) is 33.1 Å². The molecular weight excluding hydrogens is 841 g/mol. The summed E-state index contributed by atoms with van der Waals surface area (Å²) < 4.78 is 78.0. The number of unbranched alkanes of at least 4 members (excludes halogenated alkanes) is 18. The first-order valence-electron chi connectivity index (χ1n) is 21.9. The fourth-order valence-corrected chi connectivity index (χ4v) is 8.45. The molecule has 0 saturated carbocycles. The smallest absolute Gasteiger partial charge is 0.872 e. The van der Waals surface area contributed by atoms with Gasteiger partial charge in [0.15, 0.2) is 10.6 Å². The van der Waals surface area contributed by atoms with Crippen molar-refractivity contribution in [3.05, 3.63) is 96.1 Å². The second kappa shape index (κ2) is 30.3. The molecule has 0 aliphatic carbocycles. The van der Waals surface area contributed by atoms with Crippen molar-refractivity contribution in [1.29, 1.82) is 0 Å². The summed E-state index contributed by atoms with van der Waals surface area (Å²) in [5, 5.41) is 21.6. The zero-order chi connectivity index (χ0) is 43.6. The van der Waals surface area contributed by atoms with E-state index < -0.39 is 41.5 Å². The molecule has 0 aromatic heterocycles. The van der Waals surface area contributed by atoms with Crippen LogP contribution in [0.4, 0.5) is 0 Å². The minimum Gasteiger partial charge on any atom is -0.872 e. The number of aromatic hydroxyl groups is 1. The summed E-state index contributed by atoms with van der Waals surface area (Å²) in [7, 11) is -9.52. The molecule has 0 fully saturated rings. The van der Waals surface area contributed by atoms with Gasteiger partial charge in [-0.2, -0.15) is 8.42 Å². The van der Waals surface area contributed by atoms with Crippen LogP contribution in [0.25, 0.3) is 0 Å². The summed E-state index contributed by atoms with van der Waals surface area (Å²) in [6.07, 6.45) is 27.5. The van der Waals surface area contributed by atoms with Crippen molar-refractivity contribution in [1.82, 2.24) is 0 Å². The van der Waals surface area contributed by atoms with E-state index in [1.54, 1.807) is 12.1 Å². The van der Waals surface area contributed by atoms with Gasteiger partial charge in [0.2, 0.25) is 0 Å². The van der Waals surface area contributed by atoms with Gasteiger partial charge in [0.05, 0.1) is 4.90 Å². The Balaban J connectivity index is 0.000000413. The van der Waals surface area contributed by atoms with E-state index in [1.807, 2.05) is 36.4 Å². The minimum atomic E-state index is -4.91. The monoisotopic (exact) mass is 906 g/mol. The Morgan fingerprint density at radius 2 is 0.869 bits per heavy atom. The first-order valence-corrected chi connectivity index (χ1v) is 24.8. The Hall–Kier alpha value is -2.84. The third kappa shape index (κ3) is 21.9. The molecule has 61 heavy (non-hydrogen) atoms. The number of phenolic OH excluding ortho intramolecular Hbond substituents is 1. The Kier molecular flexibility index (Phi) is 27.0. The van der Waals surface area contributed by atoms with Gasteiger partial charge in [0.1, 0.15) is 33.1 Å². The molecule has 0 spiro atoms. The molecule has 0 heterocycles. The van der Waals surface area contributed by atoms with Crippen LogP contribution in [0.3, 0.4) is 0 Å². The number of rotatable bonds is 28. The second-order valence-electron chi connectivity index (χ2n) is 15.5. The maximum atomic E-state index is 11.8. The van der Waals surface area contributed by atoms with E-state index in [9.17, 15) is 36.2 Å². The SMILES string of the molecule is CCCCCCCCCCCCc1cccc(Oc2cccc(O)c2S(=O)(=O)O)c1.CCCCCCCCCCCCc1cccc(Oc2cccc([O-])c2S(=O)(=O)[O-])c1.[Ca+2]. The van der Waals surface area contributed by atoms with Crippen molar-refractivity contribution in [2.75, 3.05) is 0 Å². The third-order valence-corrected chi connectivity index (χ3v) is 12.1. The van der Waals surface area contributed by atoms with Crippen molar-refractivity contribution < 1.29 is 45.6 Å². The summed E-state index contributed by atoms with van der Waals surface area (Å²) in [5.74, 6) is -0.854. The van der Waals surface area contributed by atoms with E-state index >= 15 is 0 Å². The van der Waals surface area contributed by atoms with Crippen LogP contribution in [0, 0.1) is 0 Å². The molecule has 0 bridgehead atoms. The molecule has 4 aromatic carbocycles. The molecule has 0 atom stereocenters. The molecule has 0 saturated heterocycles.